The third kappa shape index (κ3) is 3.74. The summed E-state index contributed by atoms with van der Waals surface area (Å²) in [6.07, 6.45) is 3.16. The van der Waals surface area contributed by atoms with Gasteiger partial charge in [0.25, 0.3) is 0 Å². The summed E-state index contributed by atoms with van der Waals surface area (Å²) in [7, 11) is 1.59. The number of ether oxygens (including phenoxy) is 2. The molecule has 1 unspecified atom stereocenters. The van der Waals surface area contributed by atoms with E-state index in [9.17, 15) is 4.79 Å². The minimum absolute atomic E-state index is 0.0920. The van der Waals surface area contributed by atoms with E-state index in [1.54, 1.807) is 7.11 Å². The molecule has 13 heavy (non-hydrogen) atoms. The van der Waals surface area contributed by atoms with Crippen LogP contribution in [0.5, 0.6) is 0 Å². The number of carbonyl (C=O) groups is 1. The number of esters is 1. The highest BCUT2D eigenvalue weighted by atomic mass is 16.6. The van der Waals surface area contributed by atoms with Gasteiger partial charge < -0.3 is 14.8 Å². The SMILES string of the molecule is COCCOC(=O)C1CCCCN1. The number of carbonyl (C=O) groups excluding carboxylic acids is 1. The molecule has 0 aromatic carbocycles. The van der Waals surface area contributed by atoms with Gasteiger partial charge in [-0.1, -0.05) is 6.42 Å². The van der Waals surface area contributed by atoms with Crippen LogP contribution in [0.1, 0.15) is 19.3 Å². The molecular formula is C9H17NO3. The summed E-state index contributed by atoms with van der Waals surface area (Å²) in [6.45, 7) is 1.75. The van der Waals surface area contributed by atoms with E-state index in [4.69, 9.17) is 9.47 Å². The molecule has 4 heteroatoms. The minimum Gasteiger partial charge on any atom is -0.462 e. The van der Waals surface area contributed by atoms with E-state index < -0.39 is 0 Å². The van der Waals surface area contributed by atoms with E-state index in [-0.39, 0.29) is 12.0 Å². The van der Waals surface area contributed by atoms with Crippen LogP contribution in [0.2, 0.25) is 0 Å². The van der Waals surface area contributed by atoms with Crippen molar-refractivity contribution >= 4 is 5.97 Å². The van der Waals surface area contributed by atoms with Crippen LogP contribution in [0.25, 0.3) is 0 Å². The first-order chi connectivity index (χ1) is 6.34. The Kier molecular flexibility index (Phi) is 4.78. The second-order valence-electron chi connectivity index (χ2n) is 3.16. The molecule has 1 fully saturated rings. The number of piperidine rings is 1. The molecule has 0 spiro atoms. The van der Waals surface area contributed by atoms with E-state index >= 15 is 0 Å². The smallest absolute Gasteiger partial charge is 0.323 e. The molecule has 1 aliphatic heterocycles. The monoisotopic (exact) mass is 187 g/mol. The van der Waals surface area contributed by atoms with Gasteiger partial charge >= 0.3 is 5.97 Å². The third-order valence-electron chi connectivity index (χ3n) is 2.13. The molecule has 76 valence electrons. The summed E-state index contributed by atoms with van der Waals surface area (Å²) >= 11 is 0. The van der Waals surface area contributed by atoms with Crippen molar-refractivity contribution in [1.29, 1.82) is 0 Å². The molecule has 0 saturated carbocycles. The number of hydrogen-bond donors (Lipinski definition) is 1. The number of hydrogen-bond acceptors (Lipinski definition) is 4. The fraction of sp³-hybridized carbons (Fsp3) is 0.889. The van der Waals surface area contributed by atoms with Crippen LogP contribution in [0, 0.1) is 0 Å². The first-order valence-corrected chi connectivity index (χ1v) is 4.73. The summed E-state index contributed by atoms with van der Waals surface area (Å²) in [6, 6.07) is -0.0920. The van der Waals surface area contributed by atoms with Gasteiger partial charge in [-0.15, -0.1) is 0 Å². The van der Waals surface area contributed by atoms with E-state index in [0.29, 0.717) is 13.2 Å². The molecule has 0 radical (unpaired) electrons. The maximum absolute atomic E-state index is 11.3. The third-order valence-corrected chi connectivity index (χ3v) is 2.13. The second-order valence-corrected chi connectivity index (χ2v) is 3.16. The van der Waals surface area contributed by atoms with Gasteiger partial charge in [0.05, 0.1) is 6.61 Å². The first-order valence-electron chi connectivity index (χ1n) is 4.73. The Morgan fingerprint density at radius 1 is 1.46 bits per heavy atom. The highest BCUT2D eigenvalue weighted by Crippen LogP contribution is 2.07. The predicted molar refractivity (Wildman–Crippen MR) is 48.5 cm³/mol. The number of methoxy groups -OCH3 is 1. The molecule has 1 rings (SSSR count). The zero-order chi connectivity index (χ0) is 9.52. The lowest BCUT2D eigenvalue weighted by molar-refractivity contribution is -0.148. The molecular weight excluding hydrogens is 170 g/mol. The Morgan fingerprint density at radius 3 is 2.92 bits per heavy atom. The van der Waals surface area contributed by atoms with Crippen molar-refractivity contribution in [2.24, 2.45) is 0 Å². The topological polar surface area (TPSA) is 47.6 Å². The summed E-state index contributed by atoms with van der Waals surface area (Å²) in [5.74, 6) is -0.142. The van der Waals surface area contributed by atoms with Gasteiger partial charge in [0.2, 0.25) is 0 Å². The van der Waals surface area contributed by atoms with Gasteiger partial charge in [-0.3, -0.25) is 4.79 Å². The van der Waals surface area contributed by atoms with Crippen molar-refractivity contribution in [3.63, 3.8) is 0 Å². The van der Waals surface area contributed by atoms with Crippen LogP contribution in [-0.2, 0) is 14.3 Å². The molecule has 1 aliphatic rings. The summed E-state index contributed by atoms with van der Waals surface area (Å²) in [4.78, 5) is 11.3. The first kappa shape index (κ1) is 10.5. The van der Waals surface area contributed by atoms with E-state index in [0.717, 1.165) is 25.8 Å². The highest BCUT2D eigenvalue weighted by molar-refractivity contribution is 5.75. The summed E-state index contributed by atoms with van der Waals surface area (Å²) in [5, 5.41) is 3.13. The zero-order valence-electron chi connectivity index (χ0n) is 8.04. The lowest BCUT2D eigenvalue weighted by Crippen LogP contribution is -2.41. The molecule has 0 bridgehead atoms. The van der Waals surface area contributed by atoms with Crippen molar-refractivity contribution in [2.75, 3.05) is 26.9 Å². The van der Waals surface area contributed by atoms with Crippen LogP contribution >= 0.6 is 0 Å². The van der Waals surface area contributed by atoms with Crippen molar-refractivity contribution in [1.82, 2.24) is 5.32 Å². The van der Waals surface area contributed by atoms with Crippen molar-refractivity contribution in [3.8, 4) is 0 Å². The average molecular weight is 187 g/mol. The molecule has 0 amide bonds. The maximum atomic E-state index is 11.3. The number of rotatable bonds is 4. The fourth-order valence-corrected chi connectivity index (χ4v) is 1.38. The van der Waals surface area contributed by atoms with E-state index in [1.807, 2.05) is 0 Å². The molecule has 1 heterocycles. The van der Waals surface area contributed by atoms with Crippen LogP contribution in [0.4, 0.5) is 0 Å². The van der Waals surface area contributed by atoms with Gasteiger partial charge in [0.15, 0.2) is 0 Å². The maximum Gasteiger partial charge on any atom is 0.323 e. The van der Waals surface area contributed by atoms with Crippen molar-refractivity contribution in [2.45, 2.75) is 25.3 Å². The van der Waals surface area contributed by atoms with Gasteiger partial charge in [0, 0.05) is 7.11 Å². The van der Waals surface area contributed by atoms with Crippen molar-refractivity contribution < 1.29 is 14.3 Å². The summed E-state index contributed by atoms with van der Waals surface area (Å²) < 4.78 is 9.78. The molecule has 0 aliphatic carbocycles. The molecule has 4 nitrogen and oxygen atoms in total. The Balaban J connectivity index is 2.13. The molecule has 0 aromatic rings. The Hall–Kier alpha value is -0.610. The van der Waals surface area contributed by atoms with Crippen LogP contribution in [0.15, 0.2) is 0 Å². The average Bonchev–Trinajstić information content (AvgIpc) is 2.19. The van der Waals surface area contributed by atoms with Crippen LogP contribution < -0.4 is 5.32 Å². The second kappa shape index (κ2) is 5.94. The zero-order valence-corrected chi connectivity index (χ0v) is 8.04. The van der Waals surface area contributed by atoms with Gasteiger partial charge in [-0.05, 0) is 19.4 Å². The minimum atomic E-state index is -0.142. The Labute approximate surface area is 78.6 Å². The quantitative estimate of drug-likeness (QED) is 0.508. The van der Waals surface area contributed by atoms with Gasteiger partial charge in [-0.25, -0.2) is 0 Å². The van der Waals surface area contributed by atoms with Crippen LogP contribution in [0.3, 0.4) is 0 Å². The molecule has 1 saturated heterocycles. The Morgan fingerprint density at radius 2 is 2.31 bits per heavy atom. The normalized spacial score (nSPS) is 22.7. The van der Waals surface area contributed by atoms with Crippen molar-refractivity contribution in [3.05, 3.63) is 0 Å². The van der Waals surface area contributed by atoms with Crippen LogP contribution in [-0.4, -0.2) is 38.9 Å². The molecule has 1 N–H and O–H groups in total. The van der Waals surface area contributed by atoms with Gasteiger partial charge in [-0.2, -0.15) is 0 Å². The lowest BCUT2D eigenvalue weighted by Gasteiger charge is -2.21. The number of nitrogens with one attached hydrogen (secondary N) is 1. The fourth-order valence-electron chi connectivity index (χ4n) is 1.38. The highest BCUT2D eigenvalue weighted by Gasteiger charge is 2.21. The lowest BCUT2D eigenvalue weighted by atomic mass is 10.1. The Bertz CT molecular complexity index is 155. The van der Waals surface area contributed by atoms with E-state index in [2.05, 4.69) is 5.32 Å². The largest absolute Gasteiger partial charge is 0.462 e. The standard InChI is InChI=1S/C9H17NO3/c1-12-6-7-13-9(11)8-4-2-3-5-10-8/h8,10H,2-7H2,1H3. The van der Waals surface area contributed by atoms with E-state index in [1.165, 1.54) is 0 Å². The predicted octanol–water partition coefficient (Wildman–Crippen LogP) is 0.318. The molecule has 1 atom stereocenters. The summed E-state index contributed by atoms with van der Waals surface area (Å²) in [5.41, 5.74) is 0. The van der Waals surface area contributed by atoms with Gasteiger partial charge in [0.1, 0.15) is 12.6 Å². The molecule has 0 aromatic heterocycles.